The van der Waals surface area contributed by atoms with Crippen LogP contribution in [-0.2, 0) is 0 Å². The minimum Gasteiger partial charge on any atom is -0.452 e. The third-order valence-corrected chi connectivity index (χ3v) is 21.1. The quantitative estimate of drug-likeness (QED) is 0.172. The highest BCUT2D eigenvalue weighted by Crippen LogP contribution is 2.49. The summed E-state index contributed by atoms with van der Waals surface area (Å²) in [5.41, 5.74) is 24.8. The average Bonchev–Trinajstić information content (AvgIpc) is 1.52. The number of hydrogen-bond acceptors (Lipinski definition) is 6. The molecule has 24 rings (SSSR count). The molecule has 10 heterocycles. The SMILES string of the molecule is Clc1nc(-c2ccccc2)c2oc3ccccc3c2n1.c1ccc(-c2ccc3[nH]c4c(cc5c6ccccc6n6c7ccccc7c4c56)c3c2)cc1.c1ccc(-c2ccc3c(c2)c2cc4c5ccccc5n5c6ccccc6c(c2n3-c2nc(-c3ccccc3)c3oc6ccccc6c3n2)c45)cc1. The van der Waals surface area contributed by atoms with E-state index in [0.717, 1.165) is 71.9 Å². The van der Waals surface area contributed by atoms with Crippen molar-refractivity contribution in [3.8, 4) is 50.7 Å². The Morgan fingerprint density at radius 3 is 1.26 bits per heavy atom. The summed E-state index contributed by atoms with van der Waals surface area (Å²) >= 11 is 6.07. The summed E-state index contributed by atoms with van der Waals surface area (Å²) in [5, 5.41) is 17.2. The Labute approximate surface area is 590 Å². The number of aromatic nitrogens is 8. The summed E-state index contributed by atoms with van der Waals surface area (Å²) < 4.78 is 19.6. The van der Waals surface area contributed by atoms with Crippen molar-refractivity contribution in [3.63, 3.8) is 0 Å². The third-order valence-electron chi connectivity index (χ3n) is 20.9. The van der Waals surface area contributed by atoms with E-state index in [9.17, 15) is 0 Å². The first-order valence-corrected chi connectivity index (χ1v) is 34.9. The van der Waals surface area contributed by atoms with E-state index in [2.05, 4.69) is 253 Å². The number of furan rings is 2. The van der Waals surface area contributed by atoms with Gasteiger partial charge in [0.1, 0.15) is 33.6 Å². The Bertz CT molecular complexity index is 7560. The van der Waals surface area contributed by atoms with Crippen LogP contribution in [0.3, 0.4) is 0 Å². The fourth-order valence-corrected chi connectivity index (χ4v) is 16.7. The second kappa shape index (κ2) is 22.2. The van der Waals surface area contributed by atoms with Gasteiger partial charge in [0, 0.05) is 92.1 Å². The zero-order valence-corrected chi connectivity index (χ0v) is 55.6. The number of aromatic amines is 1. The molecular weight excluding hydrogens is 1280 g/mol. The minimum atomic E-state index is 0.225. The van der Waals surface area contributed by atoms with Crippen molar-refractivity contribution < 1.29 is 8.83 Å². The fourth-order valence-electron chi connectivity index (χ4n) is 16.5. The second-order valence-electron chi connectivity index (χ2n) is 26.5. The standard InChI is InChI=1S/C46H26N4O.C30H18N2.C16H9ClN2O/c1-3-13-27(14-4-1)29-23-24-38-33(25-29)35-26-34-30-17-7-10-20-36(30)49-37-21-11-8-18-31(37)40(43(34)49)44(35)50(38)46-47-41(28-15-5-2-6-16-28)45-42(48-46)32-19-9-12-22-39(32)51-45;1-2-8-18(9-3-1)19-14-15-25-22(16-19)23-17-24-20-10-4-6-12-26(20)32-27-13-7-5-11-21(27)28(30(24)32)29(23)31-25;17-16-18-13(10-6-2-1-3-7-10)15-14(19-16)11-8-4-5-9-12(11)20-15/h1-26H;1-17,31H;1-9H. The lowest BCUT2D eigenvalue weighted by Gasteiger charge is -2.10. The molecule has 0 fully saturated rings. The number of nitrogens with one attached hydrogen (secondary N) is 1. The molecule has 0 atom stereocenters. The lowest BCUT2D eigenvalue weighted by molar-refractivity contribution is 0.666. The van der Waals surface area contributed by atoms with E-state index >= 15 is 0 Å². The maximum absolute atomic E-state index is 6.50. The molecule has 0 saturated heterocycles. The molecule has 0 aliphatic carbocycles. The van der Waals surface area contributed by atoms with Gasteiger partial charge in [-0.3, -0.25) is 4.57 Å². The first-order valence-electron chi connectivity index (χ1n) is 34.5. The maximum Gasteiger partial charge on any atom is 0.236 e. The fraction of sp³-hybridized carbons (Fsp3) is 0. The minimum absolute atomic E-state index is 0.225. The molecule has 0 unspecified atom stereocenters. The van der Waals surface area contributed by atoms with Gasteiger partial charge in [-0.15, -0.1) is 0 Å². The molecule has 10 nitrogen and oxygen atoms in total. The third kappa shape index (κ3) is 8.50. The highest BCUT2D eigenvalue weighted by Gasteiger charge is 2.28. The summed E-state index contributed by atoms with van der Waals surface area (Å²) in [6.45, 7) is 0. The summed E-state index contributed by atoms with van der Waals surface area (Å²) in [6, 6.07) is 111. The topological polar surface area (TPSA) is 107 Å². The van der Waals surface area contributed by atoms with Gasteiger partial charge in [0.05, 0.1) is 49.7 Å². The molecule has 0 amide bonds. The molecule has 103 heavy (non-hydrogen) atoms. The molecule has 0 radical (unpaired) electrons. The van der Waals surface area contributed by atoms with E-state index in [4.69, 9.17) is 30.4 Å². The number of halogens is 1. The lowest BCUT2D eigenvalue weighted by atomic mass is 10.0. The van der Waals surface area contributed by atoms with Crippen LogP contribution in [0.15, 0.2) is 324 Å². The van der Waals surface area contributed by atoms with Gasteiger partial charge in [0.15, 0.2) is 11.2 Å². The van der Waals surface area contributed by atoms with E-state index < -0.39 is 0 Å². The van der Waals surface area contributed by atoms with Crippen molar-refractivity contribution in [2.45, 2.75) is 0 Å². The molecule has 1 N–H and O–H groups in total. The zero-order chi connectivity index (χ0) is 67.5. The summed E-state index contributed by atoms with van der Waals surface area (Å²) in [4.78, 5) is 23.2. The van der Waals surface area contributed by atoms with Gasteiger partial charge in [-0.1, -0.05) is 231 Å². The molecule has 11 heteroatoms. The molecule has 0 bridgehead atoms. The van der Waals surface area contributed by atoms with Gasteiger partial charge in [0.25, 0.3) is 0 Å². The van der Waals surface area contributed by atoms with E-state index in [1.165, 1.54) is 126 Å². The predicted molar refractivity (Wildman–Crippen MR) is 425 cm³/mol. The smallest absolute Gasteiger partial charge is 0.236 e. The van der Waals surface area contributed by atoms with Crippen LogP contribution in [-0.4, -0.2) is 38.3 Å². The number of hydrogen-bond donors (Lipinski definition) is 1. The van der Waals surface area contributed by atoms with E-state index in [1.54, 1.807) is 0 Å². The summed E-state index contributed by atoms with van der Waals surface area (Å²) in [7, 11) is 0. The van der Waals surface area contributed by atoms with E-state index in [0.29, 0.717) is 17.1 Å². The van der Waals surface area contributed by atoms with E-state index in [-0.39, 0.29) is 5.28 Å². The van der Waals surface area contributed by atoms with Crippen LogP contribution in [0.4, 0.5) is 0 Å². The van der Waals surface area contributed by atoms with Gasteiger partial charge in [-0.05, 0) is 119 Å². The molecule has 0 saturated carbocycles. The largest absolute Gasteiger partial charge is 0.452 e. The Kier molecular flexibility index (Phi) is 12.3. The molecule has 10 aromatic heterocycles. The van der Waals surface area contributed by atoms with Crippen LogP contribution in [0.2, 0.25) is 5.28 Å². The molecule has 0 aliphatic heterocycles. The van der Waals surface area contributed by atoms with Gasteiger partial charge in [0.2, 0.25) is 11.2 Å². The Balaban J connectivity index is 0.000000109. The second-order valence-corrected chi connectivity index (χ2v) is 26.9. The van der Waals surface area contributed by atoms with E-state index in [1.807, 2.05) is 91.0 Å². The van der Waals surface area contributed by atoms with Crippen LogP contribution >= 0.6 is 11.6 Å². The Morgan fingerprint density at radius 1 is 0.282 bits per heavy atom. The number of nitrogens with zero attached hydrogens (tertiary/aromatic N) is 7. The van der Waals surface area contributed by atoms with Crippen molar-refractivity contribution in [2.24, 2.45) is 0 Å². The Morgan fingerprint density at radius 2 is 0.699 bits per heavy atom. The number of benzene rings is 14. The zero-order valence-electron chi connectivity index (χ0n) is 54.8. The first-order chi connectivity index (χ1) is 51.0. The monoisotopic (exact) mass is 1340 g/mol. The first kappa shape index (κ1) is 57.3. The van der Waals surface area contributed by atoms with Crippen molar-refractivity contribution in [2.75, 3.05) is 0 Å². The highest BCUT2D eigenvalue weighted by molar-refractivity contribution is 6.36. The Hall–Kier alpha value is -13.7. The molecule has 480 valence electrons. The number of rotatable bonds is 5. The van der Waals surface area contributed by atoms with Crippen molar-refractivity contribution in [1.29, 1.82) is 0 Å². The van der Waals surface area contributed by atoms with Gasteiger partial charge in [-0.25, -0.2) is 19.9 Å². The highest BCUT2D eigenvalue weighted by atomic mass is 35.5. The summed E-state index contributed by atoms with van der Waals surface area (Å²) in [5.74, 6) is 0.614. The van der Waals surface area contributed by atoms with Crippen LogP contribution in [0.25, 0.3) is 215 Å². The average molecular weight is 1340 g/mol. The van der Waals surface area contributed by atoms with Crippen LogP contribution < -0.4 is 0 Å². The molecule has 0 spiro atoms. The van der Waals surface area contributed by atoms with Crippen LogP contribution in [0.1, 0.15) is 0 Å². The molecule has 24 aromatic rings. The maximum atomic E-state index is 6.50. The normalized spacial score (nSPS) is 12.1. The van der Waals surface area contributed by atoms with Crippen LogP contribution in [0.5, 0.6) is 0 Å². The molecule has 0 aliphatic rings. The lowest BCUT2D eigenvalue weighted by Crippen LogP contribution is -2.03. The number of fused-ring (bicyclic) bond motifs is 26. The van der Waals surface area contributed by atoms with Crippen LogP contribution in [0, 0.1) is 0 Å². The predicted octanol–water partition coefficient (Wildman–Crippen LogP) is 24.8. The van der Waals surface area contributed by atoms with Crippen molar-refractivity contribution in [3.05, 3.63) is 321 Å². The number of para-hydroxylation sites is 6. The van der Waals surface area contributed by atoms with Crippen molar-refractivity contribution >= 4 is 176 Å². The van der Waals surface area contributed by atoms with Gasteiger partial charge < -0.3 is 22.6 Å². The van der Waals surface area contributed by atoms with Gasteiger partial charge in [-0.2, -0.15) is 0 Å². The van der Waals surface area contributed by atoms with Gasteiger partial charge >= 0.3 is 0 Å². The molecule has 14 aromatic carbocycles. The number of H-pyrrole nitrogens is 1. The summed E-state index contributed by atoms with van der Waals surface area (Å²) in [6.07, 6.45) is 0. The molecular formula is C92H53ClN8O2. The van der Waals surface area contributed by atoms with Crippen molar-refractivity contribution in [1.82, 2.24) is 38.3 Å².